The number of aryl methyl sites for hydroxylation is 1. The van der Waals surface area contributed by atoms with Crippen molar-refractivity contribution in [2.24, 2.45) is 0 Å². The van der Waals surface area contributed by atoms with Crippen LogP contribution in [0.25, 0.3) is 0 Å². The molecule has 0 fully saturated rings. The lowest BCUT2D eigenvalue weighted by Gasteiger charge is -2.09. The van der Waals surface area contributed by atoms with Crippen LogP contribution in [0.4, 0.5) is 0 Å². The van der Waals surface area contributed by atoms with Crippen LogP contribution in [0.1, 0.15) is 29.7 Å². The molecule has 1 nitrogen and oxygen atoms in total. The molecule has 0 aliphatic carbocycles. The third-order valence-corrected chi connectivity index (χ3v) is 4.66. The van der Waals surface area contributed by atoms with E-state index < -0.39 is 6.10 Å². The van der Waals surface area contributed by atoms with Crippen molar-refractivity contribution in [3.63, 3.8) is 0 Å². The SMILES string of the molecule is Cc1cccc(CSc2ccc(C(C)O)c(Br)c2)c1. The zero-order valence-electron chi connectivity index (χ0n) is 11.1. The van der Waals surface area contributed by atoms with Crippen LogP contribution in [0, 0.1) is 6.92 Å². The summed E-state index contributed by atoms with van der Waals surface area (Å²) in [5.41, 5.74) is 3.56. The third kappa shape index (κ3) is 4.10. The van der Waals surface area contributed by atoms with Crippen molar-refractivity contribution in [2.75, 3.05) is 0 Å². The smallest absolute Gasteiger partial charge is 0.0772 e. The summed E-state index contributed by atoms with van der Waals surface area (Å²) < 4.78 is 0.969. The molecule has 0 bridgehead atoms. The van der Waals surface area contributed by atoms with Crippen molar-refractivity contribution in [3.05, 3.63) is 63.6 Å². The van der Waals surface area contributed by atoms with Gasteiger partial charge in [-0.1, -0.05) is 51.8 Å². The van der Waals surface area contributed by atoms with Crippen LogP contribution in [0.2, 0.25) is 0 Å². The van der Waals surface area contributed by atoms with Crippen LogP contribution in [0.15, 0.2) is 51.8 Å². The van der Waals surface area contributed by atoms with Gasteiger partial charge in [0.15, 0.2) is 0 Å². The van der Waals surface area contributed by atoms with E-state index in [1.165, 1.54) is 16.0 Å². The molecule has 0 radical (unpaired) electrons. The Labute approximate surface area is 127 Å². The van der Waals surface area contributed by atoms with E-state index >= 15 is 0 Å². The zero-order valence-corrected chi connectivity index (χ0v) is 13.5. The molecule has 1 atom stereocenters. The summed E-state index contributed by atoms with van der Waals surface area (Å²) in [6.45, 7) is 3.89. The van der Waals surface area contributed by atoms with Gasteiger partial charge in [0.1, 0.15) is 0 Å². The monoisotopic (exact) mass is 336 g/mol. The number of benzene rings is 2. The van der Waals surface area contributed by atoms with Crippen LogP contribution >= 0.6 is 27.7 Å². The Balaban J connectivity index is 2.06. The molecule has 2 rings (SSSR count). The van der Waals surface area contributed by atoms with Crippen LogP contribution in [0.5, 0.6) is 0 Å². The van der Waals surface area contributed by atoms with E-state index in [2.05, 4.69) is 59.3 Å². The second kappa shape index (κ2) is 6.60. The van der Waals surface area contributed by atoms with Crippen molar-refractivity contribution in [1.82, 2.24) is 0 Å². The van der Waals surface area contributed by atoms with E-state index in [4.69, 9.17) is 0 Å². The number of hydrogen-bond acceptors (Lipinski definition) is 2. The molecule has 0 aliphatic rings. The number of aliphatic hydroxyl groups is 1. The molecule has 0 amide bonds. The maximum Gasteiger partial charge on any atom is 0.0772 e. The molecule has 2 aromatic carbocycles. The van der Waals surface area contributed by atoms with E-state index in [9.17, 15) is 5.11 Å². The standard InChI is InChI=1S/C16H17BrOS/c1-11-4-3-5-13(8-11)10-19-14-6-7-15(12(2)18)16(17)9-14/h3-9,12,18H,10H2,1-2H3. The van der Waals surface area contributed by atoms with Gasteiger partial charge in [-0.2, -0.15) is 0 Å². The molecule has 19 heavy (non-hydrogen) atoms. The molecule has 0 spiro atoms. The Morgan fingerprint density at radius 3 is 2.63 bits per heavy atom. The number of rotatable bonds is 4. The van der Waals surface area contributed by atoms with Gasteiger partial charge in [0.05, 0.1) is 6.10 Å². The van der Waals surface area contributed by atoms with E-state index in [1.807, 2.05) is 6.07 Å². The largest absolute Gasteiger partial charge is 0.389 e. The Morgan fingerprint density at radius 1 is 1.21 bits per heavy atom. The molecular weight excluding hydrogens is 320 g/mol. The second-order valence-electron chi connectivity index (χ2n) is 4.64. The minimum atomic E-state index is -0.440. The van der Waals surface area contributed by atoms with Gasteiger partial charge in [-0.05, 0) is 37.1 Å². The maximum atomic E-state index is 9.60. The minimum absolute atomic E-state index is 0.440. The van der Waals surface area contributed by atoms with Gasteiger partial charge < -0.3 is 5.11 Å². The summed E-state index contributed by atoms with van der Waals surface area (Å²) in [6.07, 6.45) is -0.440. The molecular formula is C16H17BrOS. The summed E-state index contributed by atoms with van der Waals surface area (Å²) in [5, 5.41) is 9.60. The van der Waals surface area contributed by atoms with E-state index in [0.717, 1.165) is 15.8 Å². The highest BCUT2D eigenvalue weighted by Crippen LogP contribution is 2.30. The summed E-state index contributed by atoms with van der Waals surface area (Å²) in [4.78, 5) is 1.21. The average molecular weight is 337 g/mol. The van der Waals surface area contributed by atoms with Crippen molar-refractivity contribution in [3.8, 4) is 0 Å². The zero-order chi connectivity index (χ0) is 13.8. The summed E-state index contributed by atoms with van der Waals surface area (Å²) in [6, 6.07) is 14.7. The van der Waals surface area contributed by atoms with Crippen LogP contribution < -0.4 is 0 Å². The number of hydrogen-bond donors (Lipinski definition) is 1. The maximum absolute atomic E-state index is 9.60. The van der Waals surface area contributed by atoms with Gasteiger partial charge in [0, 0.05) is 15.1 Å². The molecule has 100 valence electrons. The fourth-order valence-electron chi connectivity index (χ4n) is 1.91. The molecule has 1 N–H and O–H groups in total. The minimum Gasteiger partial charge on any atom is -0.389 e. The predicted octanol–water partition coefficient (Wildman–Crippen LogP) is 5.10. The molecule has 0 aliphatic heterocycles. The number of aliphatic hydroxyl groups excluding tert-OH is 1. The highest BCUT2D eigenvalue weighted by atomic mass is 79.9. The molecule has 2 aromatic rings. The lowest BCUT2D eigenvalue weighted by Crippen LogP contribution is -1.92. The second-order valence-corrected chi connectivity index (χ2v) is 6.54. The Kier molecular flexibility index (Phi) is 5.08. The molecule has 1 unspecified atom stereocenters. The van der Waals surface area contributed by atoms with Gasteiger partial charge >= 0.3 is 0 Å². The predicted molar refractivity (Wildman–Crippen MR) is 85.5 cm³/mol. The Hall–Kier alpha value is -0.770. The topological polar surface area (TPSA) is 20.2 Å². The normalized spacial score (nSPS) is 12.4. The lowest BCUT2D eigenvalue weighted by atomic mass is 10.1. The molecule has 3 heteroatoms. The fourth-order valence-corrected chi connectivity index (χ4v) is 3.65. The molecule has 0 aromatic heterocycles. The molecule has 0 saturated carbocycles. The quantitative estimate of drug-likeness (QED) is 0.783. The Morgan fingerprint density at radius 2 is 2.00 bits per heavy atom. The molecule has 0 heterocycles. The van der Waals surface area contributed by atoms with Crippen LogP contribution in [-0.2, 0) is 5.75 Å². The summed E-state index contributed by atoms with van der Waals surface area (Å²) >= 11 is 5.32. The fraction of sp³-hybridized carbons (Fsp3) is 0.250. The van der Waals surface area contributed by atoms with Gasteiger partial charge in [-0.15, -0.1) is 11.8 Å². The summed E-state index contributed by atoms with van der Waals surface area (Å²) in [5.74, 6) is 0.960. The van der Waals surface area contributed by atoms with Crippen LogP contribution in [0.3, 0.4) is 0 Å². The van der Waals surface area contributed by atoms with E-state index in [-0.39, 0.29) is 0 Å². The van der Waals surface area contributed by atoms with Crippen molar-refractivity contribution in [1.29, 1.82) is 0 Å². The molecule has 0 saturated heterocycles. The van der Waals surface area contributed by atoms with Gasteiger partial charge in [0.2, 0.25) is 0 Å². The van der Waals surface area contributed by atoms with Crippen molar-refractivity contribution < 1.29 is 5.11 Å². The van der Waals surface area contributed by atoms with Gasteiger partial charge in [-0.3, -0.25) is 0 Å². The van der Waals surface area contributed by atoms with Crippen LogP contribution in [-0.4, -0.2) is 5.11 Å². The first kappa shape index (κ1) is 14.6. The van der Waals surface area contributed by atoms with Gasteiger partial charge in [0.25, 0.3) is 0 Å². The van der Waals surface area contributed by atoms with Crippen molar-refractivity contribution in [2.45, 2.75) is 30.6 Å². The van der Waals surface area contributed by atoms with Crippen molar-refractivity contribution >= 4 is 27.7 Å². The van der Waals surface area contributed by atoms with Gasteiger partial charge in [-0.25, -0.2) is 0 Å². The number of halogens is 1. The third-order valence-electron chi connectivity index (χ3n) is 2.91. The lowest BCUT2D eigenvalue weighted by molar-refractivity contribution is 0.198. The summed E-state index contributed by atoms with van der Waals surface area (Å²) in [7, 11) is 0. The first-order valence-electron chi connectivity index (χ1n) is 6.22. The van der Waals surface area contributed by atoms with E-state index in [0.29, 0.717) is 0 Å². The number of thioether (sulfide) groups is 1. The highest BCUT2D eigenvalue weighted by Gasteiger charge is 2.07. The average Bonchev–Trinajstić information content (AvgIpc) is 2.36. The Bertz CT molecular complexity index is 566. The first-order valence-corrected chi connectivity index (χ1v) is 8.00. The van der Waals surface area contributed by atoms with E-state index in [1.54, 1.807) is 18.7 Å². The first-order chi connectivity index (χ1) is 9.06. The highest BCUT2D eigenvalue weighted by molar-refractivity contribution is 9.10.